The van der Waals surface area contributed by atoms with Crippen molar-refractivity contribution in [2.45, 2.75) is 0 Å². The predicted molar refractivity (Wildman–Crippen MR) is 120 cm³/mol. The molecule has 0 aliphatic heterocycles. The lowest BCUT2D eigenvalue weighted by atomic mass is 10.1. The second kappa shape index (κ2) is 9.09. The molecule has 154 valence electrons. The SMILES string of the molecule is COc1ccc(-c2cc(-c3ccc(OC)cc3)nc(NC(=O)c3ccccc3)n2)cc1. The van der Waals surface area contributed by atoms with E-state index in [-0.39, 0.29) is 11.9 Å². The van der Waals surface area contributed by atoms with Crippen LogP contribution < -0.4 is 14.8 Å². The summed E-state index contributed by atoms with van der Waals surface area (Å²) >= 11 is 0. The highest BCUT2D eigenvalue weighted by molar-refractivity contribution is 6.03. The van der Waals surface area contributed by atoms with Crippen LogP contribution in [0.3, 0.4) is 0 Å². The first-order valence-corrected chi connectivity index (χ1v) is 9.70. The van der Waals surface area contributed by atoms with Crippen molar-refractivity contribution in [3.63, 3.8) is 0 Å². The Bertz CT molecular complexity index is 1110. The third-order valence-corrected chi connectivity index (χ3v) is 4.76. The van der Waals surface area contributed by atoms with Crippen LogP contribution in [-0.4, -0.2) is 30.1 Å². The number of nitrogens with one attached hydrogen (secondary N) is 1. The molecule has 0 spiro atoms. The molecule has 0 bridgehead atoms. The molecule has 1 N–H and O–H groups in total. The number of methoxy groups -OCH3 is 2. The molecule has 0 radical (unpaired) electrons. The summed E-state index contributed by atoms with van der Waals surface area (Å²) in [6.45, 7) is 0. The lowest BCUT2D eigenvalue weighted by molar-refractivity contribution is 0.102. The van der Waals surface area contributed by atoms with Crippen molar-refractivity contribution >= 4 is 11.9 Å². The standard InChI is InChI=1S/C25H21N3O3/c1-30-20-12-8-17(9-13-20)22-16-23(18-10-14-21(31-2)15-11-18)27-25(26-22)28-24(29)19-6-4-3-5-7-19/h3-16H,1-2H3,(H,26,27,28,29). The summed E-state index contributed by atoms with van der Waals surface area (Å²) in [4.78, 5) is 21.8. The number of carbonyl (C=O) groups is 1. The average molecular weight is 411 g/mol. The topological polar surface area (TPSA) is 73.3 Å². The van der Waals surface area contributed by atoms with Gasteiger partial charge in [0.2, 0.25) is 5.95 Å². The second-order valence-corrected chi connectivity index (χ2v) is 6.74. The Hall–Kier alpha value is -4.19. The summed E-state index contributed by atoms with van der Waals surface area (Å²) in [6.07, 6.45) is 0. The Morgan fingerprint density at radius 1 is 0.710 bits per heavy atom. The Kier molecular flexibility index (Phi) is 5.89. The molecule has 0 saturated heterocycles. The molecular formula is C25H21N3O3. The van der Waals surface area contributed by atoms with E-state index in [4.69, 9.17) is 9.47 Å². The zero-order valence-electron chi connectivity index (χ0n) is 17.2. The Morgan fingerprint density at radius 3 is 1.65 bits per heavy atom. The highest BCUT2D eigenvalue weighted by Gasteiger charge is 2.12. The third kappa shape index (κ3) is 4.70. The van der Waals surface area contributed by atoms with Crippen LogP contribution >= 0.6 is 0 Å². The van der Waals surface area contributed by atoms with E-state index >= 15 is 0 Å². The molecule has 1 amide bonds. The maximum absolute atomic E-state index is 12.7. The fraction of sp³-hybridized carbons (Fsp3) is 0.0800. The normalized spacial score (nSPS) is 10.4. The van der Waals surface area contributed by atoms with Crippen molar-refractivity contribution in [3.8, 4) is 34.0 Å². The van der Waals surface area contributed by atoms with Gasteiger partial charge in [-0.05, 0) is 66.7 Å². The molecule has 6 heteroatoms. The predicted octanol–water partition coefficient (Wildman–Crippen LogP) is 5.08. The summed E-state index contributed by atoms with van der Waals surface area (Å²) in [6, 6.07) is 26.0. The van der Waals surface area contributed by atoms with Crippen molar-refractivity contribution in [1.82, 2.24) is 9.97 Å². The van der Waals surface area contributed by atoms with Crippen LogP contribution in [0.1, 0.15) is 10.4 Å². The van der Waals surface area contributed by atoms with Gasteiger partial charge in [-0.1, -0.05) is 18.2 Å². The summed E-state index contributed by atoms with van der Waals surface area (Å²) < 4.78 is 10.5. The molecule has 31 heavy (non-hydrogen) atoms. The molecule has 3 aromatic carbocycles. The number of anilines is 1. The molecule has 4 rings (SSSR count). The Morgan fingerprint density at radius 2 is 1.19 bits per heavy atom. The van der Waals surface area contributed by atoms with Crippen LogP contribution in [0, 0.1) is 0 Å². The zero-order chi connectivity index (χ0) is 21.6. The van der Waals surface area contributed by atoms with E-state index in [0.29, 0.717) is 17.0 Å². The lowest BCUT2D eigenvalue weighted by Gasteiger charge is -2.11. The van der Waals surface area contributed by atoms with Gasteiger partial charge < -0.3 is 9.47 Å². The van der Waals surface area contributed by atoms with Crippen molar-refractivity contribution in [2.24, 2.45) is 0 Å². The van der Waals surface area contributed by atoms with Crippen LogP contribution in [-0.2, 0) is 0 Å². The molecule has 0 unspecified atom stereocenters. The molecular weight excluding hydrogens is 390 g/mol. The van der Waals surface area contributed by atoms with Gasteiger partial charge in [0.15, 0.2) is 0 Å². The number of rotatable bonds is 6. The highest BCUT2D eigenvalue weighted by Crippen LogP contribution is 2.28. The first-order chi connectivity index (χ1) is 15.2. The van der Waals surface area contributed by atoms with E-state index in [1.54, 1.807) is 26.4 Å². The minimum Gasteiger partial charge on any atom is -0.497 e. The average Bonchev–Trinajstić information content (AvgIpc) is 2.84. The number of hydrogen-bond acceptors (Lipinski definition) is 5. The maximum atomic E-state index is 12.7. The van der Waals surface area contributed by atoms with E-state index in [2.05, 4.69) is 15.3 Å². The molecule has 0 fully saturated rings. The van der Waals surface area contributed by atoms with Gasteiger partial charge in [-0.15, -0.1) is 0 Å². The van der Waals surface area contributed by atoms with Crippen LogP contribution in [0.25, 0.3) is 22.5 Å². The number of aromatic nitrogens is 2. The van der Waals surface area contributed by atoms with E-state index in [0.717, 1.165) is 22.6 Å². The molecule has 0 atom stereocenters. The number of hydrogen-bond donors (Lipinski definition) is 1. The molecule has 6 nitrogen and oxygen atoms in total. The van der Waals surface area contributed by atoms with Crippen molar-refractivity contribution in [1.29, 1.82) is 0 Å². The van der Waals surface area contributed by atoms with Gasteiger partial charge in [-0.2, -0.15) is 0 Å². The Balaban J connectivity index is 1.74. The number of benzene rings is 3. The van der Waals surface area contributed by atoms with Crippen LogP contribution in [0.4, 0.5) is 5.95 Å². The van der Waals surface area contributed by atoms with E-state index in [1.807, 2.05) is 72.8 Å². The van der Waals surface area contributed by atoms with Gasteiger partial charge >= 0.3 is 0 Å². The van der Waals surface area contributed by atoms with Crippen LogP contribution in [0.5, 0.6) is 11.5 Å². The number of ether oxygens (including phenoxy) is 2. The maximum Gasteiger partial charge on any atom is 0.258 e. The molecule has 1 aromatic heterocycles. The first kappa shape index (κ1) is 20.1. The zero-order valence-corrected chi connectivity index (χ0v) is 17.2. The molecule has 0 aliphatic rings. The van der Waals surface area contributed by atoms with E-state index in [1.165, 1.54) is 0 Å². The molecule has 0 saturated carbocycles. The smallest absolute Gasteiger partial charge is 0.258 e. The Labute approximate surface area is 180 Å². The fourth-order valence-electron chi connectivity index (χ4n) is 3.09. The largest absolute Gasteiger partial charge is 0.497 e. The fourth-order valence-corrected chi connectivity index (χ4v) is 3.09. The van der Waals surface area contributed by atoms with Crippen molar-refractivity contribution < 1.29 is 14.3 Å². The quantitative estimate of drug-likeness (QED) is 0.479. The van der Waals surface area contributed by atoms with Gasteiger partial charge in [0.1, 0.15) is 11.5 Å². The number of amides is 1. The van der Waals surface area contributed by atoms with Gasteiger partial charge in [0.05, 0.1) is 25.6 Å². The molecule has 0 aliphatic carbocycles. The summed E-state index contributed by atoms with van der Waals surface area (Å²) in [5.41, 5.74) is 3.67. The lowest BCUT2D eigenvalue weighted by Crippen LogP contribution is -2.14. The van der Waals surface area contributed by atoms with Gasteiger partial charge in [0, 0.05) is 16.7 Å². The van der Waals surface area contributed by atoms with Crippen LogP contribution in [0.2, 0.25) is 0 Å². The minimum atomic E-state index is -0.270. The molecule has 1 heterocycles. The number of carbonyl (C=O) groups excluding carboxylic acids is 1. The third-order valence-electron chi connectivity index (χ3n) is 4.76. The van der Waals surface area contributed by atoms with Gasteiger partial charge in [-0.3, -0.25) is 10.1 Å². The summed E-state index contributed by atoms with van der Waals surface area (Å²) in [7, 11) is 3.25. The summed E-state index contributed by atoms with van der Waals surface area (Å²) in [5, 5.41) is 2.81. The van der Waals surface area contributed by atoms with E-state index in [9.17, 15) is 4.79 Å². The number of nitrogens with zero attached hydrogens (tertiary/aromatic N) is 2. The minimum absolute atomic E-state index is 0.230. The van der Waals surface area contributed by atoms with Crippen molar-refractivity contribution in [3.05, 3.63) is 90.5 Å². The van der Waals surface area contributed by atoms with E-state index < -0.39 is 0 Å². The highest BCUT2D eigenvalue weighted by atomic mass is 16.5. The van der Waals surface area contributed by atoms with Crippen molar-refractivity contribution in [2.75, 3.05) is 19.5 Å². The summed E-state index contributed by atoms with van der Waals surface area (Å²) in [5.74, 6) is 1.47. The van der Waals surface area contributed by atoms with Crippen LogP contribution in [0.15, 0.2) is 84.9 Å². The van der Waals surface area contributed by atoms with Gasteiger partial charge in [0.25, 0.3) is 5.91 Å². The monoisotopic (exact) mass is 411 g/mol. The first-order valence-electron chi connectivity index (χ1n) is 9.70. The second-order valence-electron chi connectivity index (χ2n) is 6.74. The van der Waals surface area contributed by atoms with Gasteiger partial charge in [-0.25, -0.2) is 9.97 Å². The molecule has 4 aromatic rings.